The Balaban J connectivity index is 2.26. The predicted molar refractivity (Wildman–Crippen MR) is 76.0 cm³/mol. The molecule has 2 rings (SSSR count). The molecular weight excluding hydrogens is 258 g/mol. The Kier molecular flexibility index (Phi) is 4.47. The molecule has 0 aliphatic rings. The quantitative estimate of drug-likeness (QED) is 0.664. The highest BCUT2D eigenvalue weighted by atomic mass is 19.1. The number of aryl methyl sites for hydroxylation is 2. The monoisotopic (exact) mass is 276 g/mol. The van der Waals surface area contributed by atoms with Crippen molar-refractivity contribution in [2.75, 3.05) is 0 Å². The summed E-state index contributed by atoms with van der Waals surface area (Å²) >= 11 is 0. The fourth-order valence-corrected chi connectivity index (χ4v) is 2.27. The zero-order valence-corrected chi connectivity index (χ0v) is 11.6. The molecule has 0 radical (unpaired) electrons. The van der Waals surface area contributed by atoms with Gasteiger partial charge in [-0.3, -0.25) is 11.3 Å². The molecule has 1 unspecified atom stereocenters. The number of hydrogen-bond acceptors (Lipinski definition) is 2. The Labute approximate surface area is 117 Å². The van der Waals surface area contributed by atoms with Crippen molar-refractivity contribution in [1.29, 1.82) is 0 Å². The van der Waals surface area contributed by atoms with Crippen molar-refractivity contribution < 1.29 is 8.78 Å². The average Bonchev–Trinajstić information content (AvgIpc) is 2.41. The number of benzene rings is 2. The molecule has 0 aliphatic carbocycles. The van der Waals surface area contributed by atoms with E-state index in [4.69, 9.17) is 5.84 Å². The van der Waals surface area contributed by atoms with Crippen LogP contribution in [0.3, 0.4) is 0 Å². The molecule has 0 bridgehead atoms. The van der Waals surface area contributed by atoms with Crippen LogP contribution in [0.1, 0.15) is 28.3 Å². The van der Waals surface area contributed by atoms with Crippen LogP contribution in [0.4, 0.5) is 8.78 Å². The van der Waals surface area contributed by atoms with Gasteiger partial charge >= 0.3 is 0 Å². The van der Waals surface area contributed by atoms with E-state index < -0.39 is 0 Å². The third-order valence-corrected chi connectivity index (χ3v) is 3.51. The van der Waals surface area contributed by atoms with Gasteiger partial charge in [0.2, 0.25) is 0 Å². The van der Waals surface area contributed by atoms with E-state index in [1.54, 1.807) is 25.1 Å². The molecule has 4 heteroatoms. The fraction of sp³-hybridized carbons (Fsp3) is 0.250. The minimum absolute atomic E-state index is 0.140. The second kappa shape index (κ2) is 6.11. The van der Waals surface area contributed by atoms with Crippen LogP contribution in [0.15, 0.2) is 36.4 Å². The van der Waals surface area contributed by atoms with Crippen molar-refractivity contribution in [2.24, 2.45) is 5.84 Å². The first kappa shape index (κ1) is 14.6. The zero-order valence-electron chi connectivity index (χ0n) is 11.6. The minimum atomic E-state index is -0.249. The molecule has 0 amide bonds. The highest BCUT2D eigenvalue weighted by molar-refractivity contribution is 5.31. The molecule has 0 saturated carbocycles. The summed E-state index contributed by atoms with van der Waals surface area (Å²) in [5, 5.41) is 0. The van der Waals surface area contributed by atoms with Crippen LogP contribution in [0.25, 0.3) is 0 Å². The third kappa shape index (κ3) is 3.21. The Morgan fingerprint density at radius 2 is 1.80 bits per heavy atom. The van der Waals surface area contributed by atoms with Gasteiger partial charge in [0.1, 0.15) is 11.6 Å². The van der Waals surface area contributed by atoms with Crippen molar-refractivity contribution in [1.82, 2.24) is 5.43 Å². The lowest BCUT2D eigenvalue weighted by Crippen LogP contribution is -2.29. The molecule has 0 aromatic heterocycles. The van der Waals surface area contributed by atoms with Gasteiger partial charge in [0, 0.05) is 0 Å². The Bertz CT molecular complexity index is 611. The molecule has 2 aromatic carbocycles. The zero-order chi connectivity index (χ0) is 14.7. The molecule has 0 heterocycles. The van der Waals surface area contributed by atoms with Gasteiger partial charge in [-0.15, -0.1) is 0 Å². The summed E-state index contributed by atoms with van der Waals surface area (Å²) in [5.74, 6) is 5.12. The standard InChI is InChI=1S/C16H18F2N2/c1-10-8-14(17)5-3-12(10)9-16(20-19)13-4-6-15(18)11(2)7-13/h3-8,16,20H,9,19H2,1-2H3. The predicted octanol–water partition coefficient (Wildman–Crippen LogP) is 3.33. The topological polar surface area (TPSA) is 38.0 Å². The Morgan fingerprint density at radius 1 is 1.05 bits per heavy atom. The molecule has 0 saturated heterocycles. The number of hydrazine groups is 1. The SMILES string of the molecule is Cc1cc(C(Cc2ccc(F)cc2C)NN)ccc1F. The maximum atomic E-state index is 13.3. The summed E-state index contributed by atoms with van der Waals surface area (Å²) in [7, 11) is 0. The molecule has 0 fully saturated rings. The van der Waals surface area contributed by atoms with Gasteiger partial charge < -0.3 is 0 Å². The number of nitrogens with one attached hydrogen (secondary N) is 1. The lowest BCUT2D eigenvalue weighted by Gasteiger charge is -2.18. The van der Waals surface area contributed by atoms with Crippen LogP contribution in [0.2, 0.25) is 0 Å². The second-order valence-electron chi connectivity index (χ2n) is 5.00. The highest BCUT2D eigenvalue weighted by Gasteiger charge is 2.13. The summed E-state index contributed by atoms with van der Waals surface area (Å²) in [6, 6.07) is 9.48. The first-order valence-corrected chi connectivity index (χ1v) is 6.48. The van der Waals surface area contributed by atoms with Crippen LogP contribution < -0.4 is 11.3 Å². The van der Waals surface area contributed by atoms with E-state index in [1.165, 1.54) is 18.2 Å². The van der Waals surface area contributed by atoms with E-state index in [1.807, 2.05) is 6.92 Å². The second-order valence-corrected chi connectivity index (χ2v) is 5.00. The van der Waals surface area contributed by atoms with E-state index >= 15 is 0 Å². The number of halogens is 2. The van der Waals surface area contributed by atoms with Crippen molar-refractivity contribution in [3.63, 3.8) is 0 Å². The van der Waals surface area contributed by atoms with Crippen molar-refractivity contribution in [2.45, 2.75) is 26.3 Å². The molecule has 3 N–H and O–H groups in total. The van der Waals surface area contributed by atoms with E-state index in [-0.39, 0.29) is 17.7 Å². The molecular formula is C16H18F2N2. The summed E-state index contributed by atoms with van der Waals surface area (Å²) in [5.41, 5.74) is 6.12. The van der Waals surface area contributed by atoms with Crippen LogP contribution >= 0.6 is 0 Å². The minimum Gasteiger partial charge on any atom is -0.271 e. The molecule has 106 valence electrons. The first-order chi connectivity index (χ1) is 9.51. The third-order valence-electron chi connectivity index (χ3n) is 3.51. The van der Waals surface area contributed by atoms with Crippen molar-refractivity contribution in [3.05, 3.63) is 70.3 Å². The molecule has 0 spiro atoms. The molecule has 0 aliphatic heterocycles. The lowest BCUT2D eigenvalue weighted by atomic mass is 9.95. The van der Waals surface area contributed by atoms with Crippen LogP contribution in [0, 0.1) is 25.5 Å². The van der Waals surface area contributed by atoms with Crippen molar-refractivity contribution in [3.8, 4) is 0 Å². The summed E-state index contributed by atoms with van der Waals surface area (Å²) in [6.45, 7) is 3.58. The average molecular weight is 276 g/mol. The van der Waals surface area contributed by atoms with E-state index in [0.29, 0.717) is 12.0 Å². The van der Waals surface area contributed by atoms with Gasteiger partial charge in [-0.1, -0.05) is 18.2 Å². The Hall–Kier alpha value is -1.78. The van der Waals surface area contributed by atoms with E-state index in [9.17, 15) is 8.78 Å². The maximum Gasteiger partial charge on any atom is 0.126 e. The van der Waals surface area contributed by atoms with Crippen LogP contribution in [-0.4, -0.2) is 0 Å². The van der Waals surface area contributed by atoms with Gasteiger partial charge in [-0.05, 0) is 60.7 Å². The van der Waals surface area contributed by atoms with Gasteiger partial charge in [0.15, 0.2) is 0 Å². The molecule has 2 aromatic rings. The fourth-order valence-electron chi connectivity index (χ4n) is 2.27. The number of hydrogen-bond donors (Lipinski definition) is 2. The summed E-state index contributed by atoms with van der Waals surface area (Å²) in [4.78, 5) is 0. The van der Waals surface area contributed by atoms with Gasteiger partial charge in [0.25, 0.3) is 0 Å². The van der Waals surface area contributed by atoms with Crippen LogP contribution in [-0.2, 0) is 6.42 Å². The molecule has 1 atom stereocenters. The first-order valence-electron chi connectivity index (χ1n) is 6.48. The van der Waals surface area contributed by atoms with Crippen LogP contribution in [0.5, 0.6) is 0 Å². The Morgan fingerprint density at radius 3 is 2.40 bits per heavy atom. The normalized spacial score (nSPS) is 12.4. The van der Waals surface area contributed by atoms with E-state index in [2.05, 4.69) is 5.43 Å². The number of nitrogens with two attached hydrogens (primary N) is 1. The van der Waals surface area contributed by atoms with Gasteiger partial charge in [-0.25, -0.2) is 8.78 Å². The number of rotatable bonds is 4. The largest absolute Gasteiger partial charge is 0.271 e. The molecule has 2 nitrogen and oxygen atoms in total. The van der Waals surface area contributed by atoms with E-state index in [0.717, 1.165) is 16.7 Å². The lowest BCUT2D eigenvalue weighted by molar-refractivity contribution is 0.546. The molecule has 20 heavy (non-hydrogen) atoms. The highest BCUT2D eigenvalue weighted by Crippen LogP contribution is 2.22. The summed E-state index contributed by atoms with van der Waals surface area (Å²) in [6.07, 6.45) is 0.619. The smallest absolute Gasteiger partial charge is 0.126 e. The van der Waals surface area contributed by atoms with Gasteiger partial charge in [0.05, 0.1) is 6.04 Å². The van der Waals surface area contributed by atoms with Gasteiger partial charge in [-0.2, -0.15) is 0 Å². The van der Waals surface area contributed by atoms with Crippen molar-refractivity contribution >= 4 is 0 Å². The summed E-state index contributed by atoms with van der Waals surface area (Å²) < 4.78 is 26.4. The maximum absolute atomic E-state index is 13.3.